The van der Waals surface area contributed by atoms with Crippen LogP contribution in [0.25, 0.3) is 0 Å². The Kier molecular flexibility index (Phi) is 5.35. The van der Waals surface area contributed by atoms with Gasteiger partial charge in [0.15, 0.2) is 0 Å². The van der Waals surface area contributed by atoms with Crippen LogP contribution in [0.15, 0.2) is 60.9 Å². The number of hydrogen-bond acceptors (Lipinski definition) is 3. The molecule has 0 radical (unpaired) electrons. The largest absolute Gasteiger partial charge is 0.416 e. The third kappa shape index (κ3) is 4.49. The fourth-order valence-corrected chi connectivity index (χ4v) is 2.73. The molecule has 0 fully saturated rings. The third-order valence-electron chi connectivity index (χ3n) is 4.22. The molecule has 0 unspecified atom stereocenters. The zero-order chi connectivity index (χ0) is 20.3. The lowest BCUT2D eigenvalue weighted by Gasteiger charge is -2.13. The summed E-state index contributed by atoms with van der Waals surface area (Å²) in [4.78, 5) is 16.5. The summed E-state index contributed by atoms with van der Waals surface area (Å²) in [6.45, 7) is 3.95. The van der Waals surface area contributed by atoms with Gasteiger partial charge in [0, 0.05) is 17.6 Å². The minimum absolute atomic E-state index is 0.270. The Hall–Kier alpha value is -3.35. The van der Waals surface area contributed by atoms with Crippen molar-refractivity contribution in [2.75, 3.05) is 10.6 Å². The van der Waals surface area contributed by atoms with Crippen LogP contribution < -0.4 is 10.6 Å². The van der Waals surface area contributed by atoms with Crippen LogP contribution in [0.5, 0.6) is 0 Å². The second-order valence-corrected chi connectivity index (χ2v) is 6.38. The van der Waals surface area contributed by atoms with Gasteiger partial charge in [-0.1, -0.05) is 18.2 Å². The lowest BCUT2D eigenvalue weighted by atomic mass is 10.1. The smallest absolute Gasteiger partial charge is 0.354 e. The van der Waals surface area contributed by atoms with Gasteiger partial charge in [-0.25, -0.2) is 0 Å². The Bertz CT molecular complexity index is 978. The Balaban J connectivity index is 1.75. The minimum Gasteiger partial charge on any atom is -0.354 e. The van der Waals surface area contributed by atoms with Crippen molar-refractivity contribution in [1.29, 1.82) is 0 Å². The average Bonchev–Trinajstić information content (AvgIpc) is 2.65. The van der Waals surface area contributed by atoms with Crippen LogP contribution in [0.2, 0.25) is 0 Å². The Morgan fingerprint density at radius 2 is 1.57 bits per heavy atom. The molecule has 0 saturated carbocycles. The Morgan fingerprint density at radius 3 is 2.18 bits per heavy atom. The van der Waals surface area contributed by atoms with Crippen LogP contribution in [0, 0.1) is 13.8 Å². The predicted molar refractivity (Wildman–Crippen MR) is 103 cm³/mol. The summed E-state index contributed by atoms with van der Waals surface area (Å²) >= 11 is 0. The highest BCUT2D eigenvalue weighted by molar-refractivity contribution is 6.04. The number of anilines is 3. The number of para-hydroxylation sites is 1. The first kappa shape index (κ1) is 19.4. The van der Waals surface area contributed by atoms with E-state index in [9.17, 15) is 18.0 Å². The first-order valence-corrected chi connectivity index (χ1v) is 8.51. The van der Waals surface area contributed by atoms with Crippen molar-refractivity contribution in [3.63, 3.8) is 0 Å². The highest BCUT2D eigenvalue weighted by Gasteiger charge is 2.30. The average molecular weight is 385 g/mol. The summed E-state index contributed by atoms with van der Waals surface area (Å²) in [5.41, 5.74) is 3.47. The number of hydrogen-bond donors (Lipinski definition) is 2. The van der Waals surface area contributed by atoms with Gasteiger partial charge in [-0.2, -0.15) is 13.2 Å². The second-order valence-electron chi connectivity index (χ2n) is 6.38. The van der Waals surface area contributed by atoms with E-state index in [1.54, 1.807) is 12.3 Å². The topological polar surface area (TPSA) is 54.0 Å². The second kappa shape index (κ2) is 7.72. The summed E-state index contributed by atoms with van der Waals surface area (Å²) in [7, 11) is 0. The number of carbonyl (C=O) groups excluding carboxylic acids is 1. The molecule has 1 heterocycles. The number of amides is 1. The zero-order valence-electron chi connectivity index (χ0n) is 15.3. The standard InChI is InChI=1S/C21H18F3N3O/c1-13-4-3-5-14(2)19(13)26-18-10-15(11-25-12-18)20(28)27-17-8-6-16(7-9-17)21(22,23)24/h3-12,26H,1-2H3,(H,27,28). The molecular weight excluding hydrogens is 367 g/mol. The molecule has 4 nitrogen and oxygen atoms in total. The van der Waals surface area contributed by atoms with Gasteiger partial charge in [-0.15, -0.1) is 0 Å². The molecule has 0 aliphatic carbocycles. The van der Waals surface area contributed by atoms with Gasteiger partial charge in [0.25, 0.3) is 5.91 Å². The number of alkyl halides is 3. The number of halogens is 3. The van der Waals surface area contributed by atoms with E-state index in [0.29, 0.717) is 5.69 Å². The van der Waals surface area contributed by atoms with Crippen molar-refractivity contribution in [2.24, 2.45) is 0 Å². The summed E-state index contributed by atoms with van der Waals surface area (Å²) in [5, 5.41) is 5.83. The number of aromatic nitrogens is 1. The molecule has 0 aliphatic rings. The molecule has 3 aromatic rings. The van der Waals surface area contributed by atoms with Crippen molar-refractivity contribution in [2.45, 2.75) is 20.0 Å². The zero-order valence-corrected chi connectivity index (χ0v) is 15.3. The van der Waals surface area contributed by atoms with Crippen molar-refractivity contribution in [3.05, 3.63) is 83.2 Å². The Morgan fingerprint density at radius 1 is 0.929 bits per heavy atom. The number of benzene rings is 2. The van der Waals surface area contributed by atoms with E-state index in [-0.39, 0.29) is 11.3 Å². The lowest BCUT2D eigenvalue weighted by molar-refractivity contribution is -0.137. The molecule has 7 heteroatoms. The number of nitrogens with zero attached hydrogens (tertiary/aromatic N) is 1. The SMILES string of the molecule is Cc1cccc(C)c1Nc1cncc(C(=O)Nc2ccc(C(F)(F)F)cc2)c1. The van der Waals surface area contributed by atoms with Crippen LogP contribution in [-0.2, 0) is 6.18 Å². The fourth-order valence-electron chi connectivity index (χ4n) is 2.73. The number of nitrogens with one attached hydrogen (secondary N) is 2. The third-order valence-corrected chi connectivity index (χ3v) is 4.22. The molecule has 0 saturated heterocycles. The molecule has 0 bridgehead atoms. The van der Waals surface area contributed by atoms with E-state index < -0.39 is 17.6 Å². The normalized spacial score (nSPS) is 11.2. The molecule has 144 valence electrons. The molecule has 2 aromatic carbocycles. The van der Waals surface area contributed by atoms with Crippen molar-refractivity contribution >= 4 is 23.0 Å². The van der Waals surface area contributed by atoms with E-state index >= 15 is 0 Å². The summed E-state index contributed by atoms with van der Waals surface area (Å²) in [5.74, 6) is -0.461. The number of carbonyl (C=O) groups is 1. The first-order valence-electron chi connectivity index (χ1n) is 8.51. The van der Waals surface area contributed by atoms with Crippen LogP contribution in [-0.4, -0.2) is 10.9 Å². The molecule has 28 heavy (non-hydrogen) atoms. The van der Waals surface area contributed by atoms with Gasteiger partial charge in [-0.05, 0) is 55.3 Å². The van der Waals surface area contributed by atoms with Gasteiger partial charge >= 0.3 is 6.18 Å². The summed E-state index contributed by atoms with van der Waals surface area (Å²) in [6, 6.07) is 11.8. The number of rotatable bonds is 4. The number of aryl methyl sites for hydroxylation is 2. The van der Waals surface area contributed by atoms with Crippen LogP contribution >= 0.6 is 0 Å². The van der Waals surface area contributed by atoms with Gasteiger partial charge in [-0.3, -0.25) is 9.78 Å². The van der Waals surface area contributed by atoms with E-state index in [4.69, 9.17) is 0 Å². The minimum atomic E-state index is -4.42. The maximum Gasteiger partial charge on any atom is 0.416 e. The highest BCUT2D eigenvalue weighted by atomic mass is 19.4. The van der Waals surface area contributed by atoms with Gasteiger partial charge < -0.3 is 10.6 Å². The predicted octanol–water partition coefficient (Wildman–Crippen LogP) is 5.71. The maximum absolute atomic E-state index is 12.6. The van der Waals surface area contributed by atoms with E-state index in [1.807, 2.05) is 32.0 Å². The van der Waals surface area contributed by atoms with Gasteiger partial charge in [0.05, 0.1) is 23.0 Å². The van der Waals surface area contributed by atoms with Gasteiger partial charge in [0.1, 0.15) is 0 Å². The van der Waals surface area contributed by atoms with Crippen molar-refractivity contribution < 1.29 is 18.0 Å². The summed E-state index contributed by atoms with van der Waals surface area (Å²) < 4.78 is 37.9. The molecule has 0 spiro atoms. The van der Waals surface area contributed by atoms with E-state index in [0.717, 1.165) is 28.9 Å². The number of pyridine rings is 1. The van der Waals surface area contributed by atoms with E-state index in [1.165, 1.54) is 18.3 Å². The molecule has 0 atom stereocenters. The van der Waals surface area contributed by atoms with Gasteiger partial charge in [0.2, 0.25) is 0 Å². The summed E-state index contributed by atoms with van der Waals surface area (Å²) in [6.07, 6.45) is -1.42. The van der Waals surface area contributed by atoms with Crippen molar-refractivity contribution in [1.82, 2.24) is 4.98 Å². The molecule has 1 aromatic heterocycles. The molecule has 1 amide bonds. The fraction of sp³-hybridized carbons (Fsp3) is 0.143. The highest BCUT2D eigenvalue weighted by Crippen LogP contribution is 2.30. The van der Waals surface area contributed by atoms with Crippen molar-refractivity contribution in [3.8, 4) is 0 Å². The molecular formula is C21H18F3N3O. The maximum atomic E-state index is 12.6. The molecule has 2 N–H and O–H groups in total. The molecule has 0 aliphatic heterocycles. The quantitative estimate of drug-likeness (QED) is 0.605. The molecule has 3 rings (SSSR count). The van der Waals surface area contributed by atoms with Crippen LogP contribution in [0.3, 0.4) is 0 Å². The van der Waals surface area contributed by atoms with Crippen LogP contribution in [0.1, 0.15) is 27.0 Å². The monoisotopic (exact) mass is 385 g/mol. The Labute approximate surface area is 160 Å². The lowest BCUT2D eigenvalue weighted by Crippen LogP contribution is -2.13. The van der Waals surface area contributed by atoms with E-state index in [2.05, 4.69) is 15.6 Å². The first-order chi connectivity index (χ1) is 13.2. The van der Waals surface area contributed by atoms with Crippen LogP contribution in [0.4, 0.5) is 30.2 Å².